The van der Waals surface area contributed by atoms with E-state index in [0.29, 0.717) is 22.9 Å². The van der Waals surface area contributed by atoms with Crippen molar-refractivity contribution in [3.63, 3.8) is 0 Å². The predicted molar refractivity (Wildman–Crippen MR) is 103 cm³/mol. The molecule has 1 N–H and O–H groups in total. The molecule has 0 aliphatic carbocycles. The normalized spacial score (nSPS) is 11.5. The summed E-state index contributed by atoms with van der Waals surface area (Å²) >= 11 is 5.89. The molecule has 6 heteroatoms. The van der Waals surface area contributed by atoms with Gasteiger partial charge in [0.1, 0.15) is 5.75 Å². The maximum absolute atomic E-state index is 12.4. The Kier molecular flexibility index (Phi) is 7.04. The van der Waals surface area contributed by atoms with Gasteiger partial charge in [0.25, 0.3) is 5.91 Å². The lowest BCUT2D eigenvalue weighted by atomic mass is 10.1. The molecule has 138 valence electrons. The Morgan fingerprint density at radius 2 is 1.73 bits per heavy atom. The van der Waals surface area contributed by atoms with Gasteiger partial charge in [-0.2, -0.15) is 0 Å². The zero-order chi connectivity index (χ0) is 19.1. The highest BCUT2D eigenvalue weighted by Gasteiger charge is 2.18. The lowest BCUT2D eigenvalue weighted by Gasteiger charge is -2.25. The molecule has 0 saturated heterocycles. The second-order valence-corrected chi connectivity index (χ2v) is 6.31. The van der Waals surface area contributed by atoms with Crippen LogP contribution in [0.4, 0.5) is 0 Å². The molecule has 0 aliphatic heterocycles. The molecule has 1 atom stereocenters. The van der Waals surface area contributed by atoms with E-state index >= 15 is 0 Å². The van der Waals surface area contributed by atoms with E-state index < -0.39 is 0 Å². The molecule has 2 aromatic rings. The number of rotatable bonds is 7. The van der Waals surface area contributed by atoms with Crippen LogP contribution < -0.4 is 10.1 Å². The van der Waals surface area contributed by atoms with Crippen molar-refractivity contribution in [2.75, 3.05) is 20.2 Å². The summed E-state index contributed by atoms with van der Waals surface area (Å²) in [7, 11) is 1.71. The fourth-order valence-electron chi connectivity index (χ4n) is 2.43. The van der Waals surface area contributed by atoms with Gasteiger partial charge in [0.05, 0.1) is 19.2 Å². The van der Waals surface area contributed by atoms with E-state index in [2.05, 4.69) is 5.32 Å². The summed E-state index contributed by atoms with van der Waals surface area (Å²) in [6.07, 6.45) is 0. The van der Waals surface area contributed by atoms with Crippen LogP contribution in [0.25, 0.3) is 0 Å². The predicted octanol–water partition coefficient (Wildman–Crippen LogP) is 3.69. The molecule has 0 heterocycles. The Bertz CT molecular complexity index is 745. The Morgan fingerprint density at radius 1 is 1.12 bits per heavy atom. The third-order valence-corrected chi connectivity index (χ3v) is 4.41. The van der Waals surface area contributed by atoms with Crippen molar-refractivity contribution in [3.05, 3.63) is 64.7 Å². The highest BCUT2D eigenvalue weighted by molar-refractivity contribution is 6.30. The van der Waals surface area contributed by atoms with Crippen molar-refractivity contribution in [2.24, 2.45) is 0 Å². The van der Waals surface area contributed by atoms with Crippen LogP contribution in [-0.4, -0.2) is 36.9 Å². The van der Waals surface area contributed by atoms with Crippen LogP contribution in [0.15, 0.2) is 48.5 Å². The summed E-state index contributed by atoms with van der Waals surface area (Å²) in [5.74, 6) is 0.234. The smallest absolute Gasteiger partial charge is 0.251 e. The van der Waals surface area contributed by atoms with Gasteiger partial charge >= 0.3 is 0 Å². The van der Waals surface area contributed by atoms with Gasteiger partial charge in [0.2, 0.25) is 5.91 Å². The molecule has 0 bridgehead atoms. The largest absolute Gasteiger partial charge is 0.494 e. The molecule has 5 nitrogen and oxygen atoms in total. The average Bonchev–Trinajstić information content (AvgIpc) is 2.66. The molecule has 0 radical (unpaired) electrons. The van der Waals surface area contributed by atoms with E-state index in [9.17, 15) is 9.59 Å². The molecular weight excluding hydrogens is 352 g/mol. The van der Waals surface area contributed by atoms with Gasteiger partial charge < -0.3 is 15.0 Å². The van der Waals surface area contributed by atoms with Gasteiger partial charge in [-0.1, -0.05) is 23.7 Å². The number of carbonyl (C=O) groups excluding carboxylic acids is 2. The van der Waals surface area contributed by atoms with Gasteiger partial charge in [0.15, 0.2) is 0 Å². The van der Waals surface area contributed by atoms with Crippen LogP contribution in [0.2, 0.25) is 5.02 Å². The summed E-state index contributed by atoms with van der Waals surface area (Å²) in [4.78, 5) is 26.1. The average molecular weight is 375 g/mol. The summed E-state index contributed by atoms with van der Waals surface area (Å²) in [6.45, 7) is 4.32. The van der Waals surface area contributed by atoms with Crippen molar-refractivity contribution in [1.82, 2.24) is 10.2 Å². The number of halogens is 1. The Hall–Kier alpha value is -2.53. The number of ether oxygens (including phenoxy) is 1. The first-order valence-electron chi connectivity index (χ1n) is 8.44. The fraction of sp³-hybridized carbons (Fsp3) is 0.300. The van der Waals surface area contributed by atoms with Crippen molar-refractivity contribution in [3.8, 4) is 5.75 Å². The van der Waals surface area contributed by atoms with Crippen LogP contribution in [-0.2, 0) is 4.79 Å². The number of benzene rings is 2. The number of amides is 2. The molecule has 0 aromatic heterocycles. The molecule has 26 heavy (non-hydrogen) atoms. The minimum absolute atomic E-state index is 0.0690. The standard InChI is InChI=1S/C20H23ClN2O3/c1-4-26-18-11-7-16(8-12-18)20(25)22-13-19(24)23(3)14(2)15-5-9-17(21)10-6-15/h5-12,14H,4,13H2,1-3H3,(H,22,25). The number of likely N-dealkylation sites (N-methyl/N-ethyl adjacent to an activating group) is 1. The van der Waals surface area contributed by atoms with Crippen LogP contribution in [0.3, 0.4) is 0 Å². The number of nitrogens with one attached hydrogen (secondary N) is 1. The zero-order valence-corrected chi connectivity index (χ0v) is 15.9. The van der Waals surface area contributed by atoms with E-state index in [1.54, 1.807) is 48.3 Å². The van der Waals surface area contributed by atoms with E-state index in [1.807, 2.05) is 26.0 Å². The minimum Gasteiger partial charge on any atom is -0.494 e. The SMILES string of the molecule is CCOc1ccc(C(=O)NCC(=O)N(C)C(C)c2ccc(Cl)cc2)cc1. The van der Waals surface area contributed by atoms with Crippen LogP contribution in [0.5, 0.6) is 5.75 Å². The maximum atomic E-state index is 12.4. The van der Waals surface area contributed by atoms with E-state index in [1.165, 1.54) is 0 Å². The molecule has 0 aliphatic rings. The van der Waals surface area contributed by atoms with Crippen LogP contribution >= 0.6 is 11.6 Å². The van der Waals surface area contributed by atoms with Gasteiger partial charge in [-0.15, -0.1) is 0 Å². The molecule has 0 spiro atoms. The fourth-order valence-corrected chi connectivity index (χ4v) is 2.56. The third kappa shape index (κ3) is 5.23. The van der Waals surface area contributed by atoms with Gasteiger partial charge in [0, 0.05) is 17.6 Å². The van der Waals surface area contributed by atoms with Crippen molar-refractivity contribution < 1.29 is 14.3 Å². The highest BCUT2D eigenvalue weighted by atomic mass is 35.5. The lowest BCUT2D eigenvalue weighted by Crippen LogP contribution is -2.39. The topological polar surface area (TPSA) is 58.6 Å². The van der Waals surface area contributed by atoms with Crippen LogP contribution in [0, 0.1) is 0 Å². The number of hydrogen-bond donors (Lipinski definition) is 1. The molecular formula is C20H23ClN2O3. The van der Waals surface area contributed by atoms with Crippen molar-refractivity contribution in [2.45, 2.75) is 19.9 Å². The maximum Gasteiger partial charge on any atom is 0.251 e. The zero-order valence-electron chi connectivity index (χ0n) is 15.2. The molecule has 1 unspecified atom stereocenters. The quantitative estimate of drug-likeness (QED) is 0.804. The van der Waals surface area contributed by atoms with Crippen LogP contribution in [0.1, 0.15) is 35.8 Å². The Balaban J connectivity index is 1.90. The van der Waals surface area contributed by atoms with Crippen molar-refractivity contribution >= 4 is 23.4 Å². The highest BCUT2D eigenvalue weighted by Crippen LogP contribution is 2.20. The molecule has 0 saturated carbocycles. The minimum atomic E-state index is -0.297. The van der Waals surface area contributed by atoms with Gasteiger partial charge in [-0.05, 0) is 55.8 Å². The lowest BCUT2D eigenvalue weighted by molar-refractivity contribution is -0.130. The molecule has 2 rings (SSSR count). The summed E-state index contributed by atoms with van der Waals surface area (Å²) in [6, 6.07) is 14.0. The van der Waals surface area contributed by atoms with E-state index in [4.69, 9.17) is 16.3 Å². The first-order chi connectivity index (χ1) is 12.4. The monoisotopic (exact) mass is 374 g/mol. The molecule has 0 fully saturated rings. The molecule has 2 amide bonds. The van der Waals surface area contributed by atoms with Crippen molar-refractivity contribution in [1.29, 1.82) is 0 Å². The Labute approximate surface area is 158 Å². The Morgan fingerprint density at radius 3 is 2.31 bits per heavy atom. The first kappa shape index (κ1) is 19.8. The number of hydrogen-bond acceptors (Lipinski definition) is 3. The third-order valence-electron chi connectivity index (χ3n) is 4.15. The van der Waals surface area contributed by atoms with Gasteiger partial charge in [-0.25, -0.2) is 0 Å². The van der Waals surface area contributed by atoms with Gasteiger partial charge in [-0.3, -0.25) is 9.59 Å². The number of nitrogens with zero attached hydrogens (tertiary/aromatic N) is 1. The molecule has 2 aromatic carbocycles. The second-order valence-electron chi connectivity index (χ2n) is 5.87. The summed E-state index contributed by atoms with van der Waals surface area (Å²) < 4.78 is 5.35. The number of carbonyl (C=O) groups is 2. The summed E-state index contributed by atoms with van der Waals surface area (Å²) in [5.41, 5.74) is 1.46. The second kappa shape index (κ2) is 9.25. The first-order valence-corrected chi connectivity index (χ1v) is 8.82. The van der Waals surface area contributed by atoms with E-state index in [-0.39, 0.29) is 24.4 Å². The summed E-state index contributed by atoms with van der Waals surface area (Å²) in [5, 5.41) is 3.30. The van der Waals surface area contributed by atoms with E-state index in [0.717, 1.165) is 5.56 Å².